The molecular weight excluding hydrogens is 242 g/mol. The van der Waals surface area contributed by atoms with Crippen LogP contribution in [0.5, 0.6) is 5.75 Å². The maximum Gasteiger partial charge on any atom is 0.244 e. The average molecular weight is 265 g/mol. The summed E-state index contributed by atoms with van der Waals surface area (Å²) in [7, 11) is 3.10. The van der Waals surface area contributed by atoms with Crippen molar-refractivity contribution >= 4 is 5.91 Å². The highest BCUT2D eigenvalue weighted by Gasteiger charge is 2.20. The van der Waals surface area contributed by atoms with Crippen molar-refractivity contribution in [1.82, 2.24) is 5.48 Å². The predicted octanol–water partition coefficient (Wildman–Crippen LogP) is 2.81. The Kier molecular flexibility index (Phi) is 5.83. The lowest BCUT2D eigenvalue weighted by Crippen LogP contribution is -2.25. The first-order chi connectivity index (χ1) is 8.99. The number of ether oxygens (including phenoxy) is 1. The van der Waals surface area contributed by atoms with Gasteiger partial charge in [0.1, 0.15) is 5.75 Å². The number of benzene rings is 1. The van der Waals surface area contributed by atoms with Crippen LogP contribution < -0.4 is 10.2 Å². The summed E-state index contributed by atoms with van der Waals surface area (Å²) in [6.07, 6.45) is 0.414. The molecule has 19 heavy (non-hydrogen) atoms. The van der Waals surface area contributed by atoms with Crippen molar-refractivity contribution in [3.63, 3.8) is 0 Å². The van der Waals surface area contributed by atoms with Crippen molar-refractivity contribution in [3.8, 4) is 5.75 Å². The number of hydrogen-bond acceptors (Lipinski definition) is 3. The number of carbonyl (C=O) groups excluding carboxylic acids is 1. The quantitative estimate of drug-likeness (QED) is 0.805. The molecule has 0 aliphatic rings. The van der Waals surface area contributed by atoms with E-state index in [-0.39, 0.29) is 11.8 Å². The van der Waals surface area contributed by atoms with Crippen LogP contribution in [-0.2, 0) is 9.63 Å². The van der Waals surface area contributed by atoms with Crippen LogP contribution in [0, 0.1) is 12.8 Å². The molecule has 1 unspecified atom stereocenters. The molecule has 0 aliphatic carbocycles. The van der Waals surface area contributed by atoms with Crippen LogP contribution in [0.1, 0.15) is 37.3 Å². The zero-order valence-corrected chi connectivity index (χ0v) is 12.3. The van der Waals surface area contributed by atoms with E-state index in [1.165, 1.54) is 7.11 Å². The molecule has 1 amide bonds. The number of amides is 1. The van der Waals surface area contributed by atoms with Crippen molar-refractivity contribution in [3.05, 3.63) is 29.3 Å². The van der Waals surface area contributed by atoms with Gasteiger partial charge in [0, 0.05) is 6.42 Å². The molecule has 4 heteroatoms. The second-order valence-corrected chi connectivity index (χ2v) is 5.01. The van der Waals surface area contributed by atoms with Crippen molar-refractivity contribution in [2.45, 2.75) is 33.1 Å². The fourth-order valence-corrected chi connectivity index (χ4v) is 2.23. The van der Waals surface area contributed by atoms with Gasteiger partial charge < -0.3 is 4.74 Å². The Labute approximate surface area is 115 Å². The summed E-state index contributed by atoms with van der Waals surface area (Å²) >= 11 is 0. The van der Waals surface area contributed by atoms with Gasteiger partial charge in [0.25, 0.3) is 0 Å². The minimum absolute atomic E-state index is 0.102. The summed E-state index contributed by atoms with van der Waals surface area (Å²) < 4.78 is 5.26. The summed E-state index contributed by atoms with van der Waals surface area (Å²) in [6.45, 7) is 6.24. The van der Waals surface area contributed by atoms with Gasteiger partial charge in [-0.1, -0.05) is 26.0 Å². The number of carbonyl (C=O) groups is 1. The highest BCUT2D eigenvalue weighted by Crippen LogP contribution is 2.31. The first-order valence-corrected chi connectivity index (χ1v) is 6.46. The molecule has 106 valence electrons. The van der Waals surface area contributed by atoms with Gasteiger partial charge in [-0.15, -0.1) is 0 Å². The summed E-state index contributed by atoms with van der Waals surface area (Å²) in [5.74, 6) is 1.30. The Hall–Kier alpha value is -1.55. The van der Waals surface area contributed by atoms with E-state index in [0.29, 0.717) is 12.3 Å². The maximum atomic E-state index is 11.7. The Morgan fingerprint density at radius 3 is 2.47 bits per heavy atom. The molecule has 0 fully saturated rings. The van der Waals surface area contributed by atoms with E-state index in [2.05, 4.69) is 30.2 Å². The molecule has 0 radical (unpaired) electrons. The van der Waals surface area contributed by atoms with E-state index in [4.69, 9.17) is 4.74 Å². The Morgan fingerprint density at radius 2 is 2.00 bits per heavy atom. The highest BCUT2D eigenvalue weighted by molar-refractivity contribution is 5.75. The molecule has 1 N–H and O–H groups in total. The minimum Gasteiger partial charge on any atom is -0.496 e. The van der Waals surface area contributed by atoms with Gasteiger partial charge in [0.15, 0.2) is 0 Å². The van der Waals surface area contributed by atoms with E-state index >= 15 is 0 Å². The smallest absolute Gasteiger partial charge is 0.244 e. The van der Waals surface area contributed by atoms with Crippen LogP contribution in [0.4, 0.5) is 0 Å². The third kappa shape index (κ3) is 4.24. The SMILES string of the molecule is CONC(=O)CC(c1ccc(OC)c(C)c1)C(C)C. The average Bonchev–Trinajstić information content (AvgIpc) is 2.36. The number of rotatable bonds is 6. The molecule has 0 bridgehead atoms. The Bertz CT molecular complexity index is 429. The molecule has 1 aromatic carbocycles. The third-order valence-electron chi connectivity index (χ3n) is 3.27. The third-order valence-corrected chi connectivity index (χ3v) is 3.27. The molecule has 0 saturated carbocycles. The molecular formula is C15H23NO3. The van der Waals surface area contributed by atoms with E-state index < -0.39 is 0 Å². The van der Waals surface area contributed by atoms with Crippen LogP contribution in [0.3, 0.4) is 0 Å². The number of hydrogen-bond donors (Lipinski definition) is 1. The molecule has 1 rings (SSSR count). The second-order valence-electron chi connectivity index (χ2n) is 5.01. The topological polar surface area (TPSA) is 47.6 Å². The number of nitrogens with one attached hydrogen (secondary N) is 1. The Balaban J connectivity index is 2.93. The zero-order valence-electron chi connectivity index (χ0n) is 12.3. The van der Waals surface area contributed by atoms with E-state index in [9.17, 15) is 4.79 Å². The van der Waals surface area contributed by atoms with Crippen molar-refractivity contribution in [1.29, 1.82) is 0 Å². The number of methoxy groups -OCH3 is 1. The molecule has 4 nitrogen and oxygen atoms in total. The number of aryl methyl sites for hydroxylation is 1. The molecule has 1 atom stereocenters. The van der Waals surface area contributed by atoms with Crippen LogP contribution >= 0.6 is 0 Å². The summed E-state index contributed by atoms with van der Waals surface area (Å²) in [5, 5.41) is 0. The summed E-state index contributed by atoms with van der Waals surface area (Å²) in [4.78, 5) is 16.3. The van der Waals surface area contributed by atoms with Crippen LogP contribution in [0.2, 0.25) is 0 Å². The largest absolute Gasteiger partial charge is 0.496 e. The van der Waals surface area contributed by atoms with Gasteiger partial charge >= 0.3 is 0 Å². The maximum absolute atomic E-state index is 11.7. The van der Waals surface area contributed by atoms with E-state index in [0.717, 1.165) is 16.9 Å². The lowest BCUT2D eigenvalue weighted by Gasteiger charge is -2.21. The monoisotopic (exact) mass is 265 g/mol. The molecule has 0 spiro atoms. The Morgan fingerprint density at radius 1 is 1.32 bits per heavy atom. The lowest BCUT2D eigenvalue weighted by atomic mass is 9.85. The standard InChI is InChI=1S/C15H23NO3/c1-10(2)13(9-15(17)16-19-5)12-6-7-14(18-4)11(3)8-12/h6-8,10,13H,9H2,1-5H3,(H,16,17). The van der Waals surface area contributed by atoms with Gasteiger partial charge in [0.2, 0.25) is 5.91 Å². The van der Waals surface area contributed by atoms with Gasteiger partial charge in [0.05, 0.1) is 14.2 Å². The van der Waals surface area contributed by atoms with Crippen LogP contribution in [-0.4, -0.2) is 20.1 Å². The number of hydroxylamine groups is 1. The van der Waals surface area contributed by atoms with Crippen molar-refractivity contribution in [2.75, 3.05) is 14.2 Å². The predicted molar refractivity (Wildman–Crippen MR) is 75.1 cm³/mol. The fourth-order valence-electron chi connectivity index (χ4n) is 2.23. The summed E-state index contributed by atoms with van der Waals surface area (Å²) in [5.41, 5.74) is 4.61. The molecule has 0 saturated heterocycles. The molecule has 0 heterocycles. The molecule has 0 aromatic heterocycles. The fraction of sp³-hybridized carbons (Fsp3) is 0.533. The van der Waals surface area contributed by atoms with Gasteiger partial charge in [-0.2, -0.15) is 0 Å². The lowest BCUT2D eigenvalue weighted by molar-refractivity contribution is -0.131. The minimum atomic E-state index is -0.102. The van der Waals surface area contributed by atoms with Gasteiger partial charge in [-0.05, 0) is 36.0 Å². The van der Waals surface area contributed by atoms with Crippen LogP contribution in [0.25, 0.3) is 0 Å². The van der Waals surface area contributed by atoms with E-state index in [1.807, 2.05) is 19.1 Å². The van der Waals surface area contributed by atoms with E-state index in [1.54, 1.807) is 7.11 Å². The summed E-state index contributed by atoms with van der Waals surface area (Å²) in [6, 6.07) is 6.06. The van der Waals surface area contributed by atoms with Gasteiger partial charge in [-0.25, -0.2) is 5.48 Å². The second kappa shape index (κ2) is 7.14. The highest BCUT2D eigenvalue weighted by atomic mass is 16.6. The van der Waals surface area contributed by atoms with Crippen molar-refractivity contribution < 1.29 is 14.4 Å². The normalized spacial score (nSPS) is 12.3. The molecule has 0 aliphatic heterocycles. The first kappa shape index (κ1) is 15.5. The van der Waals surface area contributed by atoms with Gasteiger partial charge in [-0.3, -0.25) is 9.63 Å². The zero-order chi connectivity index (χ0) is 14.4. The van der Waals surface area contributed by atoms with Crippen molar-refractivity contribution in [2.24, 2.45) is 5.92 Å². The first-order valence-electron chi connectivity index (χ1n) is 6.46. The molecule has 1 aromatic rings. The van der Waals surface area contributed by atoms with Crippen LogP contribution in [0.15, 0.2) is 18.2 Å².